The van der Waals surface area contributed by atoms with Crippen molar-refractivity contribution in [3.05, 3.63) is 228 Å². The highest BCUT2D eigenvalue weighted by Crippen LogP contribution is 2.64. The van der Waals surface area contributed by atoms with Gasteiger partial charge in [-0.25, -0.2) is 0 Å². The van der Waals surface area contributed by atoms with E-state index in [1.54, 1.807) is 6.07 Å². The lowest BCUT2D eigenvalue weighted by molar-refractivity contribution is -0.137. The zero-order valence-electron chi connectivity index (χ0n) is 29.6. The molecular formula is C50H33F3N2. The standard InChI is InChI=1S/C50H33F3N2/c51-50(52,53)38-28-31-48-44(33-38)49(43-22-9-12-25-47(43)55(48)40-19-13-18-37(32-40)35-16-5-2-6-17-35)41-20-7-10-23-45(41)54(46-24-11-8-21-42(46)49)39-29-26-36(27-30-39)34-14-3-1-4-15-34/h1-33H. The summed E-state index contributed by atoms with van der Waals surface area (Å²) in [7, 11) is 0. The number of para-hydroxylation sites is 3. The van der Waals surface area contributed by atoms with Crippen LogP contribution in [0.3, 0.4) is 0 Å². The van der Waals surface area contributed by atoms with E-state index in [0.717, 1.165) is 67.4 Å². The molecule has 0 saturated heterocycles. The highest BCUT2D eigenvalue weighted by atomic mass is 19.4. The molecule has 10 rings (SSSR count). The van der Waals surface area contributed by atoms with Gasteiger partial charge in [0.2, 0.25) is 0 Å². The summed E-state index contributed by atoms with van der Waals surface area (Å²) in [5, 5.41) is 0. The molecule has 55 heavy (non-hydrogen) atoms. The number of anilines is 6. The number of alkyl halides is 3. The van der Waals surface area contributed by atoms with Gasteiger partial charge in [0, 0.05) is 11.4 Å². The monoisotopic (exact) mass is 718 g/mol. The second-order valence-electron chi connectivity index (χ2n) is 14.0. The number of hydrogen-bond donors (Lipinski definition) is 0. The third-order valence-electron chi connectivity index (χ3n) is 11.1. The van der Waals surface area contributed by atoms with E-state index in [4.69, 9.17) is 0 Å². The van der Waals surface area contributed by atoms with Crippen LogP contribution in [0, 0.1) is 0 Å². The van der Waals surface area contributed by atoms with Crippen LogP contribution < -0.4 is 9.80 Å². The fourth-order valence-electron chi connectivity index (χ4n) is 8.74. The topological polar surface area (TPSA) is 6.48 Å². The van der Waals surface area contributed by atoms with Gasteiger partial charge < -0.3 is 9.80 Å². The number of halogens is 3. The van der Waals surface area contributed by atoms with Gasteiger partial charge in [0.15, 0.2) is 0 Å². The summed E-state index contributed by atoms with van der Waals surface area (Å²) >= 11 is 0. The normalized spacial score (nSPS) is 13.8. The summed E-state index contributed by atoms with van der Waals surface area (Å²) in [5.74, 6) is 0. The van der Waals surface area contributed by atoms with Gasteiger partial charge >= 0.3 is 6.18 Å². The minimum atomic E-state index is -4.55. The maximum atomic E-state index is 14.9. The Morgan fingerprint density at radius 2 is 0.764 bits per heavy atom. The lowest BCUT2D eigenvalue weighted by Gasteiger charge is -2.51. The Balaban J connectivity index is 1.25. The summed E-state index contributed by atoms with van der Waals surface area (Å²) in [6.07, 6.45) is -4.55. The predicted octanol–water partition coefficient (Wildman–Crippen LogP) is 14.0. The van der Waals surface area contributed by atoms with E-state index in [1.807, 2.05) is 84.9 Å². The lowest BCUT2D eigenvalue weighted by Crippen LogP contribution is -2.42. The summed E-state index contributed by atoms with van der Waals surface area (Å²) in [6, 6.07) is 66.0. The fraction of sp³-hybridized carbons (Fsp3) is 0.0400. The van der Waals surface area contributed by atoms with E-state index in [9.17, 15) is 13.2 Å². The van der Waals surface area contributed by atoms with Crippen LogP contribution in [0.2, 0.25) is 0 Å². The summed E-state index contributed by atoms with van der Waals surface area (Å²) < 4.78 is 44.6. The molecule has 0 atom stereocenters. The molecule has 8 aromatic carbocycles. The molecule has 8 aromatic rings. The van der Waals surface area contributed by atoms with Crippen LogP contribution in [-0.2, 0) is 11.6 Å². The van der Waals surface area contributed by atoms with Crippen LogP contribution >= 0.6 is 0 Å². The molecular weight excluding hydrogens is 686 g/mol. The molecule has 2 nitrogen and oxygen atoms in total. The number of benzene rings is 8. The minimum Gasteiger partial charge on any atom is -0.310 e. The van der Waals surface area contributed by atoms with Crippen molar-refractivity contribution < 1.29 is 13.2 Å². The van der Waals surface area contributed by atoms with Crippen LogP contribution in [0.15, 0.2) is 200 Å². The molecule has 0 fully saturated rings. The van der Waals surface area contributed by atoms with Crippen LogP contribution in [-0.4, -0.2) is 0 Å². The molecule has 264 valence electrons. The van der Waals surface area contributed by atoms with Crippen molar-refractivity contribution >= 4 is 34.1 Å². The van der Waals surface area contributed by atoms with Crippen molar-refractivity contribution in [2.24, 2.45) is 0 Å². The van der Waals surface area contributed by atoms with Crippen molar-refractivity contribution in [1.82, 2.24) is 0 Å². The highest BCUT2D eigenvalue weighted by molar-refractivity contribution is 5.97. The third kappa shape index (κ3) is 5.11. The van der Waals surface area contributed by atoms with Gasteiger partial charge in [-0.15, -0.1) is 0 Å². The molecule has 2 heterocycles. The Kier molecular flexibility index (Phi) is 7.53. The number of nitrogens with zero attached hydrogens (tertiary/aromatic N) is 2. The SMILES string of the molecule is FC(F)(F)c1ccc2c(c1)C1(c3ccccc3N(c3ccc(-c4ccccc4)cc3)c3ccccc31)c1ccccc1N2c1cccc(-c2ccccc2)c1. The molecule has 1 spiro atoms. The first-order valence-corrected chi connectivity index (χ1v) is 18.3. The van der Waals surface area contributed by atoms with E-state index in [1.165, 1.54) is 12.1 Å². The zero-order valence-corrected chi connectivity index (χ0v) is 29.6. The molecule has 0 unspecified atom stereocenters. The summed E-state index contributed by atoms with van der Waals surface area (Å²) in [5.41, 5.74) is 11.1. The summed E-state index contributed by atoms with van der Waals surface area (Å²) in [6.45, 7) is 0. The van der Waals surface area contributed by atoms with E-state index >= 15 is 0 Å². The molecule has 2 aliphatic heterocycles. The van der Waals surface area contributed by atoms with E-state index in [-0.39, 0.29) is 0 Å². The van der Waals surface area contributed by atoms with E-state index < -0.39 is 17.2 Å². The van der Waals surface area contributed by atoms with Gasteiger partial charge in [-0.3, -0.25) is 0 Å². The molecule has 0 N–H and O–H groups in total. The quantitative estimate of drug-likeness (QED) is 0.179. The molecule has 0 bridgehead atoms. The first kappa shape index (κ1) is 32.8. The Bertz CT molecular complexity index is 2660. The smallest absolute Gasteiger partial charge is 0.310 e. The summed E-state index contributed by atoms with van der Waals surface area (Å²) in [4.78, 5) is 4.37. The molecule has 2 aliphatic rings. The molecule has 5 heteroatoms. The molecule has 0 amide bonds. The van der Waals surface area contributed by atoms with Crippen molar-refractivity contribution in [3.63, 3.8) is 0 Å². The van der Waals surface area contributed by atoms with Crippen molar-refractivity contribution in [3.8, 4) is 22.3 Å². The van der Waals surface area contributed by atoms with Crippen LogP contribution in [0.1, 0.15) is 27.8 Å². The second-order valence-corrected chi connectivity index (χ2v) is 14.0. The van der Waals surface area contributed by atoms with Crippen molar-refractivity contribution in [2.75, 3.05) is 9.80 Å². The van der Waals surface area contributed by atoms with Crippen LogP contribution in [0.25, 0.3) is 22.3 Å². The van der Waals surface area contributed by atoms with Crippen molar-refractivity contribution in [1.29, 1.82) is 0 Å². The van der Waals surface area contributed by atoms with Gasteiger partial charge in [-0.2, -0.15) is 13.2 Å². The number of fused-ring (bicyclic) bond motifs is 8. The highest BCUT2D eigenvalue weighted by Gasteiger charge is 2.52. The maximum absolute atomic E-state index is 14.9. The average Bonchev–Trinajstić information content (AvgIpc) is 3.24. The van der Waals surface area contributed by atoms with Gasteiger partial charge in [0.05, 0.1) is 33.7 Å². The average molecular weight is 719 g/mol. The predicted molar refractivity (Wildman–Crippen MR) is 217 cm³/mol. The molecule has 0 aliphatic carbocycles. The Hall–Kier alpha value is -6.85. The lowest BCUT2D eigenvalue weighted by atomic mass is 9.60. The van der Waals surface area contributed by atoms with Gasteiger partial charge in [-0.1, -0.05) is 140 Å². The fourth-order valence-corrected chi connectivity index (χ4v) is 8.74. The largest absolute Gasteiger partial charge is 0.416 e. The van der Waals surface area contributed by atoms with Gasteiger partial charge in [0.1, 0.15) is 0 Å². The first-order valence-electron chi connectivity index (χ1n) is 18.3. The van der Waals surface area contributed by atoms with Crippen molar-refractivity contribution in [2.45, 2.75) is 11.6 Å². The Morgan fingerprint density at radius 1 is 0.327 bits per heavy atom. The molecule has 0 radical (unpaired) electrons. The number of rotatable bonds is 4. The zero-order chi connectivity index (χ0) is 37.1. The Labute approximate surface area is 318 Å². The number of hydrogen-bond acceptors (Lipinski definition) is 2. The molecule has 0 saturated carbocycles. The Morgan fingerprint density at radius 3 is 1.31 bits per heavy atom. The maximum Gasteiger partial charge on any atom is 0.416 e. The first-order chi connectivity index (χ1) is 26.9. The minimum absolute atomic E-state index is 0.574. The van der Waals surface area contributed by atoms with Crippen LogP contribution in [0.4, 0.5) is 47.3 Å². The van der Waals surface area contributed by atoms with Gasteiger partial charge in [-0.05, 0) is 105 Å². The van der Waals surface area contributed by atoms with E-state index in [0.29, 0.717) is 11.3 Å². The van der Waals surface area contributed by atoms with Crippen LogP contribution in [0.5, 0.6) is 0 Å². The van der Waals surface area contributed by atoms with Gasteiger partial charge in [0.25, 0.3) is 0 Å². The third-order valence-corrected chi connectivity index (χ3v) is 11.1. The molecule has 0 aromatic heterocycles. The van der Waals surface area contributed by atoms with E-state index in [2.05, 4.69) is 107 Å². The second kappa shape index (κ2) is 12.6.